The number of methoxy groups -OCH3 is 2. The molecular weight excluding hydrogens is 449 g/mol. The van der Waals surface area contributed by atoms with Crippen LogP contribution in [0.5, 0.6) is 11.5 Å². The van der Waals surface area contributed by atoms with E-state index in [0.29, 0.717) is 17.1 Å². The highest BCUT2D eigenvalue weighted by Gasteiger charge is 2.48. The van der Waals surface area contributed by atoms with Gasteiger partial charge >= 0.3 is 0 Å². The van der Waals surface area contributed by atoms with E-state index >= 15 is 0 Å². The van der Waals surface area contributed by atoms with Crippen molar-refractivity contribution >= 4 is 34.7 Å². The van der Waals surface area contributed by atoms with Gasteiger partial charge in [0.05, 0.1) is 30.9 Å². The van der Waals surface area contributed by atoms with E-state index < -0.39 is 29.3 Å². The van der Waals surface area contributed by atoms with E-state index in [2.05, 4.69) is 0 Å². The molecule has 1 saturated heterocycles. The summed E-state index contributed by atoms with van der Waals surface area (Å²) in [5.74, 6) is -2.14. The summed E-state index contributed by atoms with van der Waals surface area (Å²) in [4.78, 5) is 27.5. The highest BCUT2D eigenvalue weighted by Crippen LogP contribution is 2.45. The molecule has 0 aliphatic carbocycles. The van der Waals surface area contributed by atoms with Crippen molar-refractivity contribution in [3.8, 4) is 11.5 Å². The van der Waals surface area contributed by atoms with Gasteiger partial charge in [-0.3, -0.25) is 14.5 Å². The molecule has 1 unspecified atom stereocenters. The smallest absolute Gasteiger partial charge is 0.300 e. The molecule has 3 aromatic carbocycles. The zero-order valence-electron chi connectivity index (χ0n) is 17.7. The molecule has 1 atom stereocenters. The number of rotatable bonds is 5. The first kappa shape index (κ1) is 22.4. The summed E-state index contributed by atoms with van der Waals surface area (Å²) in [7, 11) is 2.90. The van der Waals surface area contributed by atoms with Crippen LogP contribution in [0, 0.1) is 5.82 Å². The normalized spacial score (nSPS) is 17.3. The van der Waals surface area contributed by atoms with Crippen molar-refractivity contribution < 1.29 is 28.6 Å². The zero-order chi connectivity index (χ0) is 23.7. The van der Waals surface area contributed by atoms with Gasteiger partial charge < -0.3 is 14.6 Å². The van der Waals surface area contributed by atoms with Gasteiger partial charge in [0, 0.05) is 16.8 Å². The van der Waals surface area contributed by atoms with Crippen molar-refractivity contribution in [2.45, 2.75) is 6.04 Å². The summed E-state index contributed by atoms with van der Waals surface area (Å²) in [6.07, 6.45) is 0. The van der Waals surface area contributed by atoms with Gasteiger partial charge in [-0.25, -0.2) is 4.39 Å². The molecule has 1 aliphatic rings. The van der Waals surface area contributed by atoms with Crippen molar-refractivity contribution in [3.05, 3.63) is 94.3 Å². The number of aliphatic hydroxyl groups is 1. The second kappa shape index (κ2) is 8.96. The van der Waals surface area contributed by atoms with E-state index in [1.165, 1.54) is 44.6 Å². The molecule has 0 saturated carbocycles. The van der Waals surface area contributed by atoms with Crippen LogP contribution in [0.15, 0.2) is 72.3 Å². The average Bonchev–Trinajstić information content (AvgIpc) is 3.09. The summed E-state index contributed by atoms with van der Waals surface area (Å²) in [5, 5.41) is 11.4. The molecule has 0 radical (unpaired) electrons. The predicted octanol–water partition coefficient (Wildman–Crippen LogP) is 5.12. The minimum atomic E-state index is -1.09. The van der Waals surface area contributed by atoms with Gasteiger partial charge in [0.15, 0.2) is 0 Å². The number of ketones is 1. The number of halogens is 2. The molecule has 1 heterocycles. The van der Waals surface area contributed by atoms with Crippen LogP contribution in [0.1, 0.15) is 17.2 Å². The second-order valence-corrected chi connectivity index (χ2v) is 7.64. The van der Waals surface area contributed by atoms with Crippen molar-refractivity contribution in [1.82, 2.24) is 0 Å². The van der Waals surface area contributed by atoms with Gasteiger partial charge in [-0.05, 0) is 42.5 Å². The van der Waals surface area contributed by atoms with Crippen LogP contribution in [-0.2, 0) is 9.59 Å². The van der Waals surface area contributed by atoms with Gasteiger partial charge in [0.2, 0.25) is 0 Å². The van der Waals surface area contributed by atoms with Crippen molar-refractivity contribution in [1.29, 1.82) is 0 Å². The van der Waals surface area contributed by atoms with Gasteiger partial charge in [-0.2, -0.15) is 0 Å². The molecule has 0 aromatic heterocycles. The third-order valence-electron chi connectivity index (χ3n) is 5.39. The van der Waals surface area contributed by atoms with Gasteiger partial charge in [-0.1, -0.05) is 35.9 Å². The number of carbonyl (C=O) groups excluding carboxylic acids is 2. The first-order chi connectivity index (χ1) is 15.9. The van der Waals surface area contributed by atoms with Gasteiger partial charge in [-0.15, -0.1) is 0 Å². The molecule has 0 bridgehead atoms. The minimum Gasteiger partial charge on any atom is -0.507 e. The van der Waals surface area contributed by atoms with Crippen LogP contribution < -0.4 is 14.4 Å². The molecule has 4 rings (SSSR count). The Hall–Kier alpha value is -3.84. The number of anilines is 1. The fourth-order valence-electron chi connectivity index (χ4n) is 3.87. The summed E-state index contributed by atoms with van der Waals surface area (Å²) in [6.45, 7) is 0. The third-order valence-corrected chi connectivity index (χ3v) is 5.72. The van der Waals surface area contributed by atoms with E-state index in [1.54, 1.807) is 30.3 Å². The van der Waals surface area contributed by atoms with Crippen LogP contribution in [-0.4, -0.2) is 31.0 Å². The number of amides is 1. The number of carbonyl (C=O) groups is 2. The predicted molar refractivity (Wildman–Crippen MR) is 122 cm³/mol. The fourth-order valence-corrected chi connectivity index (χ4v) is 4.08. The van der Waals surface area contributed by atoms with Crippen LogP contribution in [0.2, 0.25) is 5.02 Å². The lowest BCUT2D eigenvalue weighted by molar-refractivity contribution is -0.132. The molecule has 3 aromatic rings. The number of ether oxygens (including phenoxy) is 2. The van der Waals surface area contributed by atoms with Crippen LogP contribution in [0.4, 0.5) is 10.1 Å². The lowest BCUT2D eigenvalue weighted by Gasteiger charge is -2.26. The molecule has 6 nitrogen and oxygen atoms in total. The van der Waals surface area contributed by atoms with E-state index in [9.17, 15) is 19.1 Å². The Bertz CT molecular complexity index is 1290. The maximum absolute atomic E-state index is 14.0. The molecule has 33 heavy (non-hydrogen) atoms. The topological polar surface area (TPSA) is 76.1 Å². The SMILES string of the molecule is COc1ccc(Cl)c(/C(O)=C2\C(=O)C(=O)N(c3cccc(F)c3)C2c2ccccc2OC)c1. The third kappa shape index (κ3) is 3.91. The summed E-state index contributed by atoms with van der Waals surface area (Å²) < 4.78 is 24.7. The lowest BCUT2D eigenvalue weighted by Crippen LogP contribution is -2.29. The molecule has 1 aliphatic heterocycles. The Morgan fingerprint density at radius 2 is 1.76 bits per heavy atom. The molecule has 0 spiro atoms. The molecule has 1 fully saturated rings. The summed E-state index contributed by atoms with van der Waals surface area (Å²) in [6, 6.07) is 15.6. The van der Waals surface area contributed by atoms with E-state index in [-0.39, 0.29) is 21.8 Å². The molecular formula is C25H19ClFNO5. The van der Waals surface area contributed by atoms with Crippen LogP contribution in [0.3, 0.4) is 0 Å². The maximum atomic E-state index is 14.0. The number of hydrogen-bond acceptors (Lipinski definition) is 5. The Kier molecular flexibility index (Phi) is 6.07. The second-order valence-electron chi connectivity index (χ2n) is 7.24. The molecule has 168 valence electrons. The highest BCUT2D eigenvalue weighted by molar-refractivity contribution is 6.52. The largest absolute Gasteiger partial charge is 0.507 e. The fraction of sp³-hybridized carbons (Fsp3) is 0.120. The standard InChI is InChI=1S/C25H19ClFNO5/c1-32-16-10-11-19(26)18(13-16)23(29)21-22(17-8-3-4-9-20(17)33-2)28(25(31)24(21)30)15-7-5-6-14(27)12-15/h3-13,22,29H,1-2H3/b23-21+. The van der Waals surface area contributed by atoms with E-state index in [0.717, 1.165) is 11.0 Å². The van der Waals surface area contributed by atoms with Gasteiger partial charge in [0.25, 0.3) is 11.7 Å². The van der Waals surface area contributed by atoms with E-state index in [4.69, 9.17) is 21.1 Å². The quantitative estimate of drug-likeness (QED) is 0.320. The number of aliphatic hydroxyl groups excluding tert-OH is 1. The lowest BCUT2D eigenvalue weighted by atomic mass is 9.94. The maximum Gasteiger partial charge on any atom is 0.300 e. The van der Waals surface area contributed by atoms with Crippen molar-refractivity contribution in [2.75, 3.05) is 19.1 Å². The van der Waals surface area contributed by atoms with Crippen LogP contribution in [0.25, 0.3) is 5.76 Å². The Balaban J connectivity index is 2.02. The Labute approximate surface area is 194 Å². The monoisotopic (exact) mass is 467 g/mol. The highest BCUT2D eigenvalue weighted by atomic mass is 35.5. The van der Waals surface area contributed by atoms with Crippen molar-refractivity contribution in [2.24, 2.45) is 0 Å². The summed E-state index contributed by atoms with van der Waals surface area (Å²) in [5.41, 5.74) is 0.505. The van der Waals surface area contributed by atoms with E-state index in [1.807, 2.05) is 0 Å². The Morgan fingerprint density at radius 1 is 1.00 bits per heavy atom. The average molecular weight is 468 g/mol. The number of para-hydroxylation sites is 1. The zero-order valence-corrected chi connectivity index (χ0v) is 18.5. The molecule has 1 amide bonds. The minimum absolute atomic E-state index is 0.119. The van der Waals surface area contributed by atoms with Crippen LogP contribution >= 0.6 is 11.6 Å². The van der Waals surface area contributed by atoms with Gasteiger partial charge in [0.1, 0.15) is 23.1 Å². The first-order valence-electron chi connectivity index (χ1n) is 9.90. The number of Topliss-reactive ketones (excluding diaryl/α,β-unsaturated/α-hetero) is 1. The molecule has 1 N–H and O–H groups in total. The number of hydrogen-bond donors (Lipinski definition) is 1. The first-order valence-corrected chi connectivity index (χ1v) is 10.3. The number of benzene rings is 3. The summed E-state index contributed by atoms with van der Waals surface area (Å²) >= 11 is 6.30. The number of nitrogens with zero attached hydrogens (tertiary/aromatic N) is 1. The van der Waals surface area contributed by atoms with Crippen molar-refractivity contribution in [3.63, 3.8) is 0 Å². The Morgan fingerprint density at radius 3 is 2.45 bits per heavy atom. The molecule has 8 heteroatoms.